The van der Waals surface area contributed by atoms with Gasteiger partial charge < -0.3 is 14.9 Å². The minimum Gasteiger partial charge on any atom is -0.326 e. The van der Waals surface area contributed by atoms with Gasteiger partial charge in [0, 0.05) is 34.3 Å². The Morgan fingerprint density at radius 2 is 1.97 bits per heavy atom. The first kappa shape index (κ1) is 19.0. The number of aromatic nitrogens is 4. The number of amides is 1. The smallest absolute Gasteiger partial charge is 0.227 e. The van der Waals surface area contributed by atoms with Crippen LogP contribution in [0.4, 0.5) is 11.5 Å². The molecule has 0 unspecified atom stereocenters. The van der Waals surface area contributed by atoms with E-state index in [2.05, 4.69) is 36.3 Å². The van der Waals surface area contributed by atoms with Crippen LogP contribution in [0.5, 0.6) is 0 Å². The number of benzene rings is 2. The lowest BCUT2D eigenvalue weighted by atomic mass is 10.2. The summed E-state index contributed by atoms with van der Waals surface area (Å²) in [5, 5.41) is 15.0. The number of aromatic amines is 1. The second-order valence-electron chi connectivity index (χ2n) is 7.92. The summed E-state index contributed by atoms with van der Waals surface area (Å²) in [6, 6.07) is 16.0. The number of carbonyl (C=O) groups excluding carboxylic acids is 1. The van der Waals surface area contributed by atoms with E-state index < -0.39 is 0 Å². The van der Waals surface area contributed by atoms with Crippen LogP contribution in [0, 0.1) is 5.92 Å². The van der Waals surface area contributed by atoms with Gasteiger partial charge >= 0.3 is 0 Å². The van der Waals surface area contributed by atoms with Gasteiger partial charge in [0.05, 0.1) is 18.3 Å². The number of H-pyrrole nitrogens is 1. The third kappa shape index (κ3) is 3.71. The van der Waals surface area contributed by atoms with Crippen molar-refractivity contribution in [3.8, 4) is 0 Å². The molecule has 1 aliphatic carbocycles. The molecule has 0 saturated heterocycles. The van der Waals surface area contributed by atoms with Crippen LogP contribution in [0.1, 0.15) is 18.7 Å². The van der Waals surface area contributed by atoms with E-state index in [0.29, 0.717) is 6.54 Å². The van der Waals surface area contributed by atoms with Crippen LogP contribution in [0.2, 0.25) is 0 Å². The molecule has 0 bridgehead atoms. The fraction of sp³-hybridized carbons (Fsp3) is 0.174. The number of nitrogens with one attached hydrogen (secondary N) is 3. The van der Waals surface area contributed by atoms with E-state index in [4.69, 9.17) is 0 Å². The van der Waals surface area contributed by atoms with Crippen LogP contribution in [0.15, 0.2) is 72.0 Å². The van der Waals surface area contributed by atoms with Crippen molar-refractivity contribution in [2.45, 2.75) is 24.3 Å². The van der Waals surface area contributed by atoms with E-state index in [1.165, 1.54) is 0 Å². The van der Waals surface area contributed by atoms with Gasteiger partial charge in [-0.2, -0.15) is 5.10 Å². The first-order valence-corrected chi connectivity index (χ1v) is 11.3. The molecule has 3 heterocycles. The van der Waals surface area contributed by atoms with E-state index in [9.17, 15) is 4.79 Å². The minimum absolute atomic E-state index is 0.123. The highest BCUT2D eigenvalue weighted by atomic mass is 32.2. The summed E-state index contributed by atoms with van der Waals surface area (Å²) in [7, 11) is 0. The molecule has 2 aromatic heterocycles. The van der Waals surface area contributed by atoms with Gasteiger partial charge in [-0.15, -0.1) is 0 Å². The van der Waals surface area contributed by atoms with Gasteiger partial charge in [-0.3, -0.25) is 14.5 Å². The summed E-state index contributed by atoms with van der Waals surface area (Å²) < 4.78 is 4.17. The average molecular weight is 444 g/mol. The maximum Gasteiger partial charge on any atom is 0.227 e. The molecular formula is C23H21N7OS. The van der Waals surface area contributed by atoms with E-state index in [0.717, 1.165) is 51.8 Å². The van der Waals surface area contributed by atoms with Gasteiger partial charge in [-0.1, -0.05) is 12.1 Å². The highest BCUT2D eigenvalue weighted by molar-refractivity contribution is 7.97. The Bertz CT molecular complexity index is 1320. The molecular weight excluding hydrogens is 422 g/mol. The van der Waals surface area contributed by atoms with Gasteiger partial charge in [0.1, 0.15) is 11.6 Å². The largest absolute Gasteiger partial charge is 0.326 e. The molecule has 0 radical (unpaired) electrons. The quantitative estimate of drug-likeness (QED) is 0.380. The Balaban J connectivity index is 1.21. The fourth-order valence-corrected chi connectivity index (χ4v) is 4.57. The third-order valence-corrected chi connectivity index (χ3v) is 6.50. The monoisotopic (exact) mass is 443 g/mol. The van der Waals surface area contributed by atoms with E-state index >= 15 is 0 Å². The van der Waals surface area contributed by atoms with Crippen molar-refractivity contribution in [3.05, 3.63) is 72.9 Å². The summed E-state index contributed by atoms with van der Waals surface area (Å²) >= 11 is 1.62. The molecule has 2 aliphatic rings. The maximum absolute atomic E-state index is 12.0. The fourth-order valence-electron chi connectivity index (χ4n) is 3.71. The normalized spacial score (nSPS) is 15.4. The number of hydrogen-bond acceptors (Lipinski definition) is 6. The van der Waals surface area contributed by atoms with Gasteiger partial charge in [-0.05, 0) is 61.2 Å². The van der Waals surface area contributed by atoms with Crippen LogP contribution >= 0.6 is 11.9 Å². The number of imidazole rings is 1. The lowest BCUT2D eigenvalue weighted by Crippen LogP contribution is -2.23. The maximum atomic E-state index is 12.0. The molecule has 32 heavy (non-hydrogen) atoms. The Kier molecular flexibility index (Phi) is 4.61. The van der Waals surface area contributed by atoms with Crippen LogP contribution in [-0.2, 0) is 11.3 Å². The molecule has 3 N–H and O–H groups in total. The Hall–Kier alpha value is -3.72. The molecule has 1 fully saturated rings. The molecule has 1 aliphatic heterocycles. The van der Waals surface area contributed by atoms with Crippen molar-refractivity contribution < 1.29 is 4.79 Å². The van der Waals surface area contributed by atoms with E-state index in [1.807, 2.05) is 59.3 Å². The Labute approximate surface area is 188 Å². The predicted molar refractivity (Wildman–Crippen MR) is 125 cm³/mol. The predicted octanol–water partition coefficient (Wildman–Crippen LogP) is 4.50. The zero-order chi connectivity index (χ0) is 21.5. The summed E-state index contributed by atoms with van der Waals surface area (Å²) in [5.41, 5.74) is 1.82. The molecule has 9 heteroatoms. The number of hydrogen-bond donors (Lipinski definition) is 3. The van der Waals surface area contributed by atoms with Crippen molar-refractivity contribution in [1.29, 1.82) is 0 Å². The molecule has 8 nitrogen and oxygen atoms in total. The zero-order valence-corrected chi connectivity index (χ0v) is 18.0. The van der Waals surface area contributed by atoms with Gasteiger partial charge in [0.2, 0.25) is 5.91 Å². The molecule has 1 saturated carbocycles. The molecule has 4 aromatic rings. The first-order valence-electron chi connectivity index (χ1n) is 10.5. The summed E-state index contributed by atoms with van der Waals surface area (Å²) in [6.45, 7) is 0.671. The van der Waals surface area contributed by atoms with Gasteiger partial charge in [0.15, 0.2) is 5.82 Å². The lowest BCUT2D eigenvalue weighted by molar-refractivity contribution is -0.117. The number of para-hydroxylation sites is 1. The topological polar surface area (TPSA) is 90.9 Å². The first-order chi connectivity index (χ1) is 15.7. The van der Waals surface area contributed by atoms with Gasteiger partial charge in [-0.25, -0.2) is 4.98 Å². The van der Waals surface area contributed by atoms with Crippen LogP contribution in [0.25, 0.3) is 16.7 Å². The highest BCUT2D eigenvalue weighted by Gasteiger charge is 2.29. The molecule has 0 atom stereocenters. The van der Waals surface area contributed by atoms with Crippen molar-refractivity contribution in [2.75, 3.05) is 10.6 Å². The molecule has 1 amide bonds. The standard InChI is InChI=1S/C23H21N7OS/c31-23(15-5-6-15)25-16-7-9-17(10-8-16)32-29-13-20-24-11-12-30(20)21(14-29)26-22-18-3-1-2-4-19(18)27-28-22/h1-4,7-12,14-15H,5-6,13H2,(H,25,31)(H2,26,27,28). The van der Waals surface area contributed by atoms with Crippen molar-refractivity contribution >= 4 is 46.1 Å². The second kappa shape index (κ2) is 7.76. The van der Waals surface area contributed by atoms with Crippen LogP contribution in [-0.4, -0.2) is 30.0 Å². The van der Waals surface area contributed by atoms with Crippen molar-refractivity contribution in [2.24, 2.45) is 5.92 Å². The number of nitrogens with zero attached hydrogens (tertiary/aromatic N) is 4. The highest BCUT2D eigenvalue weighted by Crippen LogP contribution is 2.33. The molecule has 0 spiro atoms. The van der Waals surface area contributed by atoms with E-state index in [-0.39, 0.29) is 11.8 Å². The summed E-state index contributed by atoms with van der Waals surface area (Å²) in [5.74, 6) is 2.91. The van der Waals surface area contributed by atoms with Gasteiger partial charge in [0.25, 0.3) is 0 Å². The lowest BCUT2D eigenvalue weighted by Gasteiger charge is -2.26. The molecule has 6 rings (SSSR count). The average Bonchev–Trinajstić information content (AvgIpc) is 3.43. The molecule has 2 aromatic carbocycles. The third-order valence-electron chi connectivity index (χ3n) is 5.55. The Morgan fingerprint density at radius 1 is 1.12 bits per heavy atom. The Morgan fingerprint density at radius 3 is 2.81 bits per heavy atom. The summed E-state index contributed by atoms with van der Waals surface area (Å²) in [4.78, 5) is 17.6. The number of anilines is 2. The number of fused-ring (bicyclic) bond motifs is 2. The second-order valence-corrected chi connectivity index (χ2v) is 9.05. The number of rotatable bonds is 6. The van der Waals surface area contributed by atoms with Crippen molar-refractivity contribution in [3.63, 3.8) is 0 Å². The van der Waals surface area contributed by atoms with E-state index in [1.54, 1.807) is 18.1 Å². The van der Waals surface area contributed by atoms with Crippen LogP contribution in [0.3, 0.4) is 0 Å². The SMILES string of the molecule is O=C(Nc1ccc(SN2C=C(Nc3n[nH]c4ccccc34)n3ccnc3C2)cc1)C1CC1. The van der Waals surface area contributed by atoms with Crippen molar-refractivity contribution in [1.82, 2.24) is 24.1 Å². The summed E-state index contributed by atoms with van der Waals surface area (Å²) in [6.07, 6.45) is 7.81. The van der Waals surface area contributed by atoms with Crippen LogP contribution < -0.4 is 10.6 Å². The minimum atomic E-state index is 0.123. The zero-order valence-electron chi connectivity index (χ0n) is 17.2. The number of carbonyl (C=O) groups is 1. The molecule has 160 valence electrons.